The van der Waals surface area contributed by atoms with E-state index in [1.165, 1.54) is 12.8 Å². The van der Waals surface area contributed by atoms with Gasteiger partial charge in [-0.2, -0.15) is 0 Å². The molecule has 15 heavy (non-hydrogen) atoms. The van der Waals surface area contributed by atoms with Gasteiger partial charge in [-0.25, -0.2) is 0 Å². The normalized spacial score (nSPS) is 24.1. The van der Waals surface area contributed by atoms with E-state index in [1.807, 2.05) is 20.9 Å². The van der Waals surface area contributed by atoms with Gasteiger partial charge in [-0.05, 0) is 45.3 Å². The predicted octanol–water partition coefficient (Wildman–Crippen LogP) is 1.19. The lowest BCUT2D eigenvalue weighted by molar-refractivity contribution is -0.124. The fourth-order valence-corrected chi connectivity index (χ4v) is 2.24. The molecule has 1 saturated heterocycles. The van der Waals surface area contributed by atoms with Gasteiger partial charge in [-0.3, -0.25) is 4.79 Å². The number of ketones is 1. The Kier molecular flexibility index (Phi) is 5.26. The molecule has 0 aromatic carbocycles. The van der Waals surface area contributed by atoms with E-state index >= 15 is 0 Å². The van der Waals surface area contributed by atoms with Gasteiger partial charge < -0.3 is 10.6 Å². The first-order valence-electron chi connectivity index (χ1n) is 6.06. The second-order valence-corrected chi connectivity index (χ2v) is 4.85. The summed E-state index contributed by atoms with van der Waals surface area (Å²) in [5.41, 5.74) is 0. The van der Waals surface area contributed by atoms with Gasteiger partial charge in [0.05, 0.1) is 6.04 Å². The average Bonchev–Trinajstić information content (AvgIpc) is 2.26. The SMILES string of the molecule is CNC(CC1CCCNC1)C(=O)C(C)C. The van der Waals surface area contributed by atoms with Crippen LogP contribution in [0.4, 0.5) is 0 Å². The van der Waals surface area contributed by atoms with Crippen molar-refractivity contribution in [3.8, 4) is 0 Å². The van der Waals surface area contributed by atoms with Crippen LogP contribution < -0.4 is 10.6 Å². The molecule has 0 aromatic heterocycles. The number of rotatable bonds is 5. The fourth-order valence-electron chi connectivity index (χ4n) is 2.24. The third kappa shape index (κ3) is 3.92. The molecule has 1 fully saturated rings. The van der Waals surface area contributed by atoms with Gasteiger partial charge in [0.25, 0.3) is 0 Å². The maximum Gasteiger partial charge on any atom is 0.152 e. The van der Waals surface area contributed by atoms with Crippen LogP contribution in [0.5, 0.6) is 0 Å². The van der Waals surface area contributed by atoms with Crippen LogP contribution in [0, 0.1) is 11.8 Å². The topological polar surface area (TPSA) is 41.1 Å². The molecular formula is C12H24N2O. The van der Waals surface area contributed by atoms with Crippen LogP contribution in [0.1, 0.15) is 33.1 Å². The molecular weight excluding hydrogens is 188 g/mol. The van der Waals surface area contributed by atoms with Crippen LogP contribution >= 0.6 is 0 Å². The lowest BCUT2D eigenvalue weighted by atomic mass is 9.88. The summed E-state index contributed by atoms with van der Waals surface area (Å²) in [5, 5.41) is 6.55. The Morgan fingerprint density at radius 2 is 2.27 bits per heavy atom. The molecule has 0 bridgehead atoms. The Balaban J connectivity index is 2.41. The zero-order valence-electron chi connectivity index (χ0n) is 10.2. The smallest absolute Gasteiger partial charge is 0.152 e. The molecule has 88 valence electrons. The van der Waals surface area contributed by atoms with Gasteiger partial charge in [0.1, 0.15) is 0 Å². The van der Waals surface area contributed by atoms with E-state index in [2.05, 4.69) is 10.6 Å². The maximum atomic E-state index is 11.9. The zero-order chi connectivity index (χ0) is 11.3. The van der Waals surface area contributed by atoms with Crippen molar-refractivity contribution in [1.82, 2.24) is 10.6 Å². The standard InChI is InChI=1S/C12H24N2O/c1-9(2)12(15)11(13-3)7-10-5-4-6-14-8-10/h9-11,13-14H,4-8H2,1-3H3. The lowest BCUT2D eigenvalue weighted by Crippen LogP contribution is -2.41. The maximum absolute atomic E-state index is 11.9. The van der Waals surface area contributed by atoms with Crippen molar-refractivity contribution >= 4 is 5.78 Å². The molecule has 0 aromatic rings. The molecule has 1 aliphatic rings. The third-order valence-electron chi connectivity index (χ3n) is 3.23. The molecule has 1 heterocycles. The third-order valence-corrected chi connectivity index (χ3v) is 3.23. The molecule has 2 unspecified atom stereocenters. The highest BCUT2D eigenvalue weighted by Crippen LogP contribution is 2.17. The Morgan fingerprint density at radius 3 is 2.73 bits per heavy atom. The summed E-state index contributed by atoms with van der Waals surface area (Å²) in [7, 11) is 1.89. The first kappa shape index (κ1) is 12.7. The number of hydrogen-bond acceptors (Lipinski definition) is 3. The minimum atomic E-state index is 0.0508. The van der Waals surface area contributed by atoms with E-state index in [-0.39, 0.29) is 12.0 Å². The summed E-state index contributed by atoms with van der Waals surface area (Å²) in [4.78, 5) is 11.9. The first-order valence-corrected chi connectivity index (χ1v) is 6.06. The monoisotopic (exact) mass is 212 g/mol. The van der Waals surface area contributed by atoms with Crippen LogP contribution in [-0.4, -0.2) is 32.0 Å². The molecule has 3 heteroatoms. The highest BCUT2D eigenvalue weighted by atomic mass is 16.1. The van der Waals surface area contributed by atoms with Crippen molar-refractivity contribution in [3.05, 3.63) is 0 Å². The number of carbonyl (C=O) groups excluding carboxylic acids is 1. The largest absolute Gasteiger partial charge is 0.316 e. The quantitative estimate of drug-likeness (QED) is 0.719. The number of likely N-dealkylation sites (N-methyl/N-ethyl adjacent to an activating group) is 1. The molecule has 2 atom stereocenters. The highest BCUT2D eigenvalue weighted by Gasteiger charge is 2.24. The summed E-state index contributed by atoms with van der Waals surface area (Å²) in [6.45, 7) is 6.17. The average molecular weight is 212 g/mol. The van der Waals surface area contributed by atoms with Gasteiger partial charge >= 0.3 is 0 Å². The number of carbonyl (C=O) groups is 1. The molecule has 3 nitrogen and oxygen atoms in total. The van der Waals surface area contributed by atoms with E-state index < -0.39 is 0 Å². The van der Waals surface area contributed by atoms with Gasteiger partial charge in [0, 0.05) is 5.92 Å². The van der Waals surface area contributed by atoms with Crippen molar-refractivity contribution in [2.75, 3.05) is 20.1 Å². The van der Waals surface area contributed by atoms with Crippen LogP contribution in [0.3, 0.4) is 0 Å². The van der Waals surface area contributed by atoms with E-state index in [4.69, 9.17) is 0 Å². The molecule has 0 saturated carbocycles. The van der Waals surface area contributed by atoms with Crippen LogP contribution in [0.2, 0.25) is 0 Å². The summed E-state index contributed by atoms with van der Waals surface area (Å²) < 4.78 is 0. The summed E-state index contributed by atoms with van der Waals surface area (Å²) in [5.74, 6) is 1.15. The van der Waals surface area contributed by atoms with Gasteiger partial charge in [-0.1, -0.05) is 13.8 Å². The minimum Gasteiger partial charge on any atom is -0.316 e. The number of Topliss-reactive ketones (excluding diaryl/α,β-unsaturated/α-hetero) is 1. The fraction of sp³-hybridized carbons (Fsp3) is 0.917. The molecule has 2 N–H and O–H groups in total. The molecule has 1 rings (SSSR count). The Hall–Kier alpha value is -0.410. The van der Waals surface area contributed by atoms with Crippen molar-refractivity contribution in [1.29, 1.82) is 0 Å². The van der Waals surface area contributed by atoms with Crippen LogP contribution in [-0.2, 0) is 4.79 Å². The summed E-state index contributed by atoms with van der Waals surface area (Å²) >= 11 is 0. The van der Waals surface area contributed by atoms with E-state index in [0.29, 0.717) is 11.7 Å². The predicted molar refractivity (Wildman–Crippen MR) is 62.9 cm³/mol. The summed E-state index contributed by atoms with van der Waals surface area (Å²) in [6.07, 6.45) is 3.49. The first-order chi connectivity index (χ1) is 7.15. The van der Waals surface area contributed by atoms with Gasteiger partial charge in [0.15, 0.2) is 5.78 Å². The Bertz CT molecular complexity index is 198. The van der Waals surface area contributed by atoms with Crippen LogP contribution in [0.25, 0.3) is 0 Å². The van der Waals surface area contributed by atoms with Gasteiger partial charge in [0.2, 0.25) is 0 Å². The highest BCUT2D eigenvalue weighted by molar-refractivity contribution is 5.85. The van der Waals surface area contributed by atoms with Crippen molar-refractivity contribution in [3.63, 3.8) is 0 Å². The Labute approximate surface area is 93.0 Å². The van der Waals surface area contributed by atoms with Crippen molar-refractivity contribution in [2.24, 2.45) is 11.8 Å². The lowest BCUT2D eigenvalue weighted by Gasteiger charge is -2.27. The number of piperidine rings is 1. The van der Waals surface area contributed by atoms with Crippen molar-refractivity contribution < 1.29 is 4.79 Å². The summed E-state index contributed by atoms with van der Waals surface area (Å²) in [6, 6.07) is 0.0508. The van der Waals surface area contributed by atoms with Crippen LogP contribution in [0.15, 0.2) is 0 Å². The number of hydrogen-bond donors (Lipinski definition) is 2. The van der Waals surface area contributed by atoms with E-state index in [1.54, 1.807) is 0 Å². The zero-order valence-corrected chi connectivity index (χ0v) is 10.2. The van der Waals surface area contributed by atoms with E-state index in [0.717, 1.165) is 19.5 Å². The molecule has 0 amide bonds. The van der Waals surface area contributed by atoms with Crippen molar-refractivity contribution in [2.45, 2.75) is 39.2 Å². The molecule has 0 radical (unpaired) electrons. The van der Waals surface area contributed by atoms with E-state index in [9.17, 15) is 4.79 Å². The minimum absolute atomic E-state index is 0.0508. The second-order valence-electron chi connectivity index (χ2n) is 4.85. The Morgan fingerprint density at radius 1 is 1.53 bits per heavy atom. The van der Waals surface area contributed by atoms with Gasteiger partial charge in [-0.15, -0.1) is 0 Å². The molecule has 0 aliphatic carbocycles. The molecule has 1 aliphatic heterocycles. The molecule has 0 spiro atoms. The second kappa shape index (κ2) is 6.23. The number of nitrogens with one attached hydrogen (secondary N) is 2.